The fourth-order valence-electron chi connectivity index (χ4n) is 4.67. The Morgan fingerprint density at radius 1 is 1.11 bits per heavy atom. The van der Waals surface area contributed by atoms with Crippen molar-refractivity contribution in [2.45, 2.75) is 63.4 Å². The van der Waals surface area contributed by atoms with Gasteiger partial charge in [0.05, 0.1) is 16.5 Å². The monoisotopic (exact) mass is 539 g/mol. The van der Waals surface area contributed by atoms with Crippen molar-refractivity contribution >= 4 is 32.8 Å². The van der Waals surface area contributed by atoms with E-state index >= 15 is 4.39 Å². The summed E-state index contributed by atoms with van der Waals surface area (Å²) >= 11 is 0. The summed E-state index contributed by atoms with van der Waals surface area (Å²) in [6, 6.07) is 12.0. The van der Waals surface area contributed by atoms with Crippen molar-refractivity contribution in [2.75, 3.05) is 13.1 Å². The highest BCUT2D eigenvalue weighted by Crippen LogP contribution is 2.35. The molecule has 10 heteroatoms. The molecule has 1 amide bonds. The van der Waals surface area contributed by atoms with Gasteiger partial charge in [0.15, 0.2) is 5.78 Å². The van der Waals surface area contributed by atoms with Gasteiger partial charge in [0.2, 0.25) is 0 Å². The summed E-state index contributed by atoms with van der Waals surface area (Å²) in [6.07, 6.45) is 0.0816. The van der Waals surface area contributed by atoms with Crippen LogP contribution in [-0.2, 0) is 14.8 Å². The zero-order valence-electron chi connectivity index (χ0n) is 21.8. The Hall–Kier alpha value is -3.71. The first-order valence-electron chi connectivity index (χ1n) is 12.4. The maximum Gasteiger partial charge on any atom is 0.410 e. The van der Waals surface area contributed by atoms with Crippen LogP contribution in [0.5, 0.6) is 0 Å². The van der Waals surface area contributed by atoms with E-state index in [9.17, 15) is 18.0 Å². The van der Waals surface area contributed by atoms with Crippen LogP contribution in [0.25, 0.3) is 10.9 Å². The minimum Gasteiger partial charge on any atom is -0.444 e. The Labute approximate surface area is 221 Å². The number of nitriles is 1. The zero-order valence-corrected chi connectivity index (χ0v) is 22.6. The first kappa shape index (κ1) is 27.3. The number of carbonyl (C=O) groups excluding carboxylic acids is 2. The van der Waals surface area contributed by atoms with E-state index in [-0.39, 0.29) is 22.0 Å². The average molecular weight is 540 g/mol. The first-order chi connectivity index (χ1) is 17.8. The van der Waals surface area contributed by atoms with Gasteiger partial charge in [-0.3, -0.25) is 4.79 Å². The van der Waals surface area contributed by atoms with Crippen molar-refractivity contribution in [1.82, 2.24) is 8.87 Å². The number of amides is 1. The summed E-state index contributed by atoms with van der Waals surface area (Å²) in [4.78, 5) is 26.7. The Morgan fingerprint density at radius 3 is 2.32 bits per heavy atom. The summed E-state index contributed by atoms with van der Waals surface area (Å²) in [5, 5.41) is 9.45. The number of piperidine rings is 1. The van der Waals surface area contributed by atoms with Crippen LogP contribution in [0, 0.1) is 24.1 Å². The van der Waals surface area contributed by atoms with Gasteiger partial charge in [-0.25, -0.2) is 21.6 Å². The van der Waals surface area contributed by atoms with E-state index in [0.717, 1.165) is 15.6 Å². The van der Waals surface area contributed by atoms with Gasteiger partial charge in [-0.1, -0.05) is 17.7 Å². The number of aryl methyl sites for hydroxylation is 1. The molecule has 0 radical (unpaired) electrons. The lowest BCUT2D eigenvalue weighted by molar-refractivity contribution is 0.0204. The molecule has 0 spiro atoms. The van der Waals surface area contributed by atoms with E-state index in [1.807, 2.05) is 6.92 Å². The molecule has 1 aliphatic rings. The maximum absolute atomic E-state index is 15.5. The topological polar surface area (TPSA) is 109 Å². The number of benzene rings is 2. The fraction of sp³-hybridized carbons (Fsp3) is 0.393. The SMILES string of the molecule is Cc1ccc(S(=O)(=O)n2c(C(=O)CC#N)cc3cc(C4CCN(C(=O)OC(C)(C)C)CC4)c(F)cc32)cc1. The Kier molecular flexibility index (Phi) is 7.35. The standard InChI is InChI=1S/C28H30FN3O5S/c1-18-5-7-21(8-6-18)38(35,36)32-24-17-23(29)22(15-20(24)16-25(32)26(33)9-12-30)19-10-13-31(14-11-19)27(34)37-28(2,3)4/h5-8,15-17,19H,9-11,13-14H2,1-4H3. The molecule has 1 fully saturated rings. The highest BCUT2D eigenvalue weighted by molar-refractivity contribution is 7.90. The third-order valence-corrected chi connectivity index (χ3v) is 8.29. The van der Waals surface area contributed by atoms with Gasteiger partial charge in [0, 0.05) is 18.5 Å². The molecule has 0 atom stereocenters. The van der Waals surface area contributed by atoms with Crippen LogP contribution in [0.1, 0.15) is 67.6 Å². The normalized spacial score (nSPS) is 14.9. The van der Waals surface area contributed by atoms with Crippen LogP contribution >= 0.6 is 0 Å². The molecule has 0 unspecified atom stereocenters. The number of fused-ring (bicyclic) bond motifs is 1. The number of aromatic nitrogens is 1. The molecule has 1 aliphatic heterocycles. The molecule has 8 nitrogen and oxygen atoms in total. The van der Waals surface area contributed by atoms with E-state index < -0.39 is 39.7 Å². The number of carbonyl (C=O) groups is 2. The molecule has 0 saturated carbocycles. The van der Waals surface area contributed by atoms with Crippen molar-refractivity contribution in [3.05, 3.63) is 65.1 Å². The van der Waals surface area contributed by atoms with E-state index in [2.05, 4.69) is 0 Å². The number of rotatable bonds is 5. The van der Waals surface area contributed by atoms with Gasteiger partial charge < -0.3 is 9.64 Å². The van der Waals surface area contributed by atoms with Crippen molar-refractivity contribution in [1.29, 1.82) is 5.26 Å². The minimum absolute atomic E-state index is 0.0271. The molecule has 0 N–H and O–H groups in total. The fourth-order valence-corrected chi connectivity index (χ4v) is 6.19. The summed E-state index contributed by atoms with van der Waals surface area (Å²) in [5.41, 5.74) is 0.469. The van der Waals surface area contributed by atoms with Gasteiger partial charge in [-0.05, 0) is 82.3 Å². The Bertz CT molecular complexity index is 1540. The maximum atomic E-state index is 15.5. The highest BCUT2D eigenvalue weighted by Gasteiger charge is 2.31. The Balaban J connectivity index is 1.72. The van der Waals surface area contributed by atoms with Crippen LogP contribution in [0.4, 0.5) is 9.18 Å². The highest BCUT2D eigenvalue weighted by atomic mass is 32.2. The van der Waals surface area contributed by atoms with E-state index in [4.69, 9.17) is 10.00 Å². The predicted molar refractivity (Wildman–Crippen MR) is 140 cm³/mol. The molecule has 0 aliphatic carbocycles. The van der Waals surface area contributed by atoms with Gasteiger partial charge in [0.25, 0.3) is 10.0 Å². The van der Waals surface area contributed by atoms with E-state index in [1.165, 1.54) is 18.2 Å². The van der Waals surface area contributed by atoms with Crippen LogP contribution in [0.15, 0.2) is 47.4 Å². The lowest BCUT2D eigenvalue weighted by Gasteiger charge is -2.33. The smallest absolute Gasteiger partial charge is 0.410 e. The number of ketones is 1. The zero-order chi connectivity index (χ0) is 27.8. The summed E-state index contributed by atoms with van der Waals surface area (Å²) < 4.78 is 49.0. The van der Waals surface area contributed by atoms with Crippen LogP contribution in [0.3, 0.4) is 0 Å². The third kappa shape index (κ3) is 5.43. The first-order valence-corrected chi connectivity index (χ1v) is 13.8. The number of ether oxygens (including phenoxy) is 1. The van der Waals surface area contributed by atoms with Crippen LogP contribution < -0.4 is 0 Å². The molecule has 0 bridgehead atoms. The quantitative estimate of drug-likeness (QED) is 0.394. The number of hydrogen-bond acceptors (Lipinski definition) is 6. The second-order valence-corrected chi connectivity index (χ2v) is 12.3. The van der Waals surface area contributed by atoms with E-state index in [1.54, 1.807) is 49.9 Å². The van der Waals surface area contributed by atoms with Crippen molar-refractivity contribution in [3.8, 4) is 6.07 Å². The molecule has 2 heterocycles. The molecule has 1 aromatic heterocycles. The molecule has 200 valence electrons. The molecule has 38 heavy (non-hydrogen) atoms. The van der Waals surface area contributed by atoms with Crippen molar-refractivity contribution in [3.63, 3.8) is 0 Å². The summed E-state index contributed by atoms with van der Waals surface area (Å²) in [5.74, 6) is -1.47. The number of halogens is 1. The van der Waals surface area contributed by atoms with Crippen molar-refractivity contribution in [2.24, 2.45) is 0 Å². The van der Waals surface area contributed by atoms with E-state index in [0.29, 0.717) is 36.9 Å². The summed E-state index contributed by atoms with van der Waals surface area (Å²) in [7, 11) is -4.26. The number of Topliss-reactive ketones (excluding diaryl/α,β-unsaturated/α-hetero) is 1. The second-order valence-electron chi connectivity index (χ2n) is 10.5. The van der Waals surface area contributed by atoms with Gasteiger partial charge in [0.1, 0.15) is 23.5 Å². The van der Waals surface area contributed by atoms with Crippen LogP contribution in [-0.4, -0.2) is 47.9 Å². The number of hydrogen-bond donors (Lipinski definition) is 0. The summed E-state index contributed by atoms with van der Waals surface area (Å²) in [6.45, 7) is 7.99. The minimum atomic E-state index is -4.26. The lowest BCUT2D eigenvalue weighted by Crippen LogP contribution is -2.41. The molecular weight excluding hydrogens is 509 g/mol. The third-order valence-electron chi connectivity index (χ3n) is 6.55. The molecular formula is C28H30FN3O5S. The van der Waals surface area contributed by atoms with Crippen molar-refractivity contribution < 1.29 is 27.1 Å². The number of nitrogens with zero attached hydrogens (tertiary/aromatic N) is 3. The second kappa shape index (κ2) is 10.2. The predicted octanol–water partition coefficient (Wildman–Crippen LogP) is 5.54. The van der Waals surface area contributed by atoms with Gasteiger partial charge in [-0.2, -0.15) is 5.26 Å². The Morgan fingerprint density at radius 2 is 1.74 bits per heavy atom. The molecule has 1 saturated heterocycles. The van der Waals surface area contributed by atoms with Crippen LogP contribution in [0.2, 0.25) is 0 Å². The molecule has 3 aromatic rings. The number of likely N-dealkylation sites (tertiary alicyclic amines) is 1. The molecule has 4 rings (SSSR count). The van der Waals surface area contributed by atoms with Gasteiger partial charge >= 0.3 is 6.09 Å². The average Bonchev–Trinajstić information content (AvgIpc) is 3.22. The lowest BCUT2D eigenvalue weighted by atomic mass is 9.88. The molecule has 2 aromatic carbocycles. The largest absolute Gasteiger partial charge is 0.444 e. The van der Waals surface area contributed by atoms with Gasteiger partial charge in [-0.15, -0.1) is 0 Å².